The summed E-state index contributed by atoms with van der Waals surface area (Å²) in [4.78, 5) is 2.04. The summed E-state index contributed by atoms with van der Waals surface area (Å²) in [5.74, 6) is 1.33. The molecule has 0 spiro atoms. The molecule has 1 aromatic rings. The van der Waals surface area contributed by atoms with Crippen LogP contribution in [0.15, 0.2) is 18.2 Å². The fraction of sp³-hybridized carbons (Fsp3) is 0.538. The van der Waals surface area contributed by atoms with Crippen molar-refractivity contribution in [3.63, 3.8) is 0 Å². The summed E-state index contributed by atoms with van der Waals surface area (Å²) < 4.78 is 10.8. The SMILES string of the molecule is CN(C)Cc1cc(OCCO)cc(OCCO)c1. The van der Waals surface area contributed by atoms with Gasteiger partial charge in [-0.2, -0.15) is 0 Å². The Kier molecular flexibility index (Phi) is 6.49. The van der Waals surface area contributed by atoms with Gasteiger partial charge in [0.1, 0.15) is 24.7 Å². The van der Waals surface area contributed by atoms with Crippen molar-refractivity contribution in [2.24, 2.45) is 0 Å². The van der Waals surface area contributed by atoms with Gasteiger partial charge in [0, 0.05) is 12.6 Å². The van der Waals surface area contributed by atoms with Crippen molar-refractivity contribution in [3.8, 4) is 11.5 Å². The first-order valence-electron chi connectivity index (χ1n) is 5.91. The Labute approximate surface area is 108 Å². The molecule has 0 radical (unpaired) electrons. The molecule has 0 aliphatic rings. The van der Waals surface area contributed by atoms with E-state index in [9.17, 15) is 0 Å². The van der Waals surface area contributed by atoms with Crippen molar-refractivity contribution in [1.82, 2.24) is 4.90 Å². The van der Waals surface area contributed by atoms with Gasteiger partial charge < -0.3 is 24.6 Å². The zero-order valence-corrected chi connectivity index (χ0v) is 10.9. The van der Waals surface area contributed by atoms with Crippen LogP contribution in [0.3, 0.4) is 0 Å². The number of ether oxygens (including phenoxy) is 2. The van der Waals surface area contributed by atoms with E-state index >= 15 is 0 Å². The van der Waals surface area contributed by atoms with Crippen LogP contribution in [0.25, 0.3) is 0 Å². The molecule has 0 heterocycles. The lowest BCUT2D eigenvalue weighted by atomic mass is 10.2. The van der Waals surface area contributed by atoms with Gasteiger partial charge >= 0.3 is 0 Å². The van der Waals surface area contributed by atoms with Crippen LogP contribution in [0.1, 0.15) is 5.56 Å². The molecule has 0 atom stereocenters. The summed E-state index contributed by atoms with van der Waals surface area (Å²) in [6, 6.07) is 5.59. The standard InChI is InChI=1S/C13H21NO4/c1-14(2)10-11-7-12(17-5-3-15)9-13(8-11)18-6-4-16/h7-9,15-16H,3-6,10H2,1-2H3. The van der Waals surface area contributed by atoms with Gasteiger partial charge in [0.2, 0.25) is 0 Å². The van der Waals surface area contributed by atoms with E-state index in [0.29, 0.717) is 11.5 Å². The summed E-state index contributed by atoms with van der Waals surface area (Å²) in [5, 5.41) is 17.5. The second-order valence-corrected chi connectivity index (χ2v) is 4.19. The Morgan fingerprint density at radius 2 is 1.44 bits per heavy atom. The zero-order chi connectivity index (χ0) is 13.4. The molecule has 0 aromatic heterocycles. The predicted octanol–water partition coefficient (Wildman–Crippen LogP) is 0.490. The van der Waals surface area contributed by atoms with Crippen LogP contribution < -0.4 is 9.47 Å². The number of hydrogen-bond acceptors (Lipinski definition) is 5. The Morgan fingerprint density at radius 3 is 1.83 bits per heavy atom. The lowest BCUT2D eigenvalue weighted by molar-refractivity contribution is 0.194. The monoisotopic (exact) mass is 255 g/mol. The van der Waals surface area contributed by atoms with Gasteiger partial charge in [0.25, 0.3) is 0 Å². The van der Waals surface area contributed by atoms with E-state index in [1.54, 1.807) is 6.07 Å². The molecule has 5 nitrogen and oxygen atoms in total. The molecule has 0 bridgehead atoms. The molecule has 0 unspecified atom stereocenters. The van der Waals surface area contributed by atoms with E-state index in [1.165, 1.54) is 0 Å². The van der Waals surface area contributed by atoms with E-state index in [4.69, 9.17) is 19.7 Å². The summed E-state index contributed by atoms with van der Waals surface area (Å²) in [7, 11) is 3.96. The number of nitrogens with zero attached hydrogens (tertiary/aromatic N) is 1. The molecule has 1 rings (SSSR count). The van der Waals surface area contributed by atoms with Gasteiger partial charge in [-0.1, -0.05) is 0 Å². The van der Waals surface area contributed by atoms with Crippen molar-refractivity contribution in [2.45, 2.75) is 6.54 Å². The molecule has 2 N–H and O–H groups in total. The number of rotatable bonds is 8. The predicted molar refractivity (Wildman–Crippen MR) is 69.0 cm³/mol. The lowest BCUT2D eigenvalue weighted by Gasteiger charge is -2.14. The maximum Gasteiger partial charge on any atom is 0.123 e. The molecule has 0 saturated carbocycles. The van der Waals surface area contributed by atoms with Crippen LogP contribution in [-0.2, 0) is 6.54 Å². The highest BCUT2D eigenvalue weighted by molar-refractivity contribution is 5.38. The third kappa shape index (κ3) is 5.35. The molecular weight excluding hydrogens is 234 g/mol. The summed E-state index contributed by atoms with van der Waals surface area (Å²) >= 11 is 0. The minimum atomic E-state index is -0.0231. The molecule has 0 fully saturated rings. The van der Waals surface area contributed by atoms with Gasteiger partial charge in [-0.3, -0.25) is 0 Å². The van der Waals surface area contributed by atoms with E-state index in [2.05, 4.69) is 0 Å². The van der Waals surface area contributed by atoms with Crippen molar-refractivity contribution in [3.05, 3.63) is 23.8 Å². The smallest absolute Gasteiger partial charge is 0.123 e. The first kappa shape index (κ1) is 14.8. The first-order chi connectivity index (χ1) is 8.65. The van der Waals surface area contributed by atoms with E-state index in [-0.39, 0.29) is 26.4 Å². The minimum Gasteiger partial charge on any atom is -0.491 e. The molecular formula is C13H21NO4. The fourth-order valence-corrected chi connectivity index (χ4v) is 1.58. The molecule has 5 heteroatoms. The van der Waals surface area contributed by atoms with E-state index in [0.717, 1.165) is 12.1 Å². The van der Waals surface area contributed by atoms with Crippen molar-refractivity contribution < 1.29 is 19.7 Å². The fourth-order valence-electron chi connectivity index (χ4n) is 1.58. The second-order valence-electron chi connectivity index (χ2n) is 4.19. The normalized spacial score (nSPS) is 10.7. The molecule has 18 heavy (non-hydrogen) atoms. The molecule has 1 aromatic carbocycles. The lowest BCUT2D eigenvalue weighted by Crippen LogP contribution is -2.11. The highest BCUT2D eigenvalue weighted by atomic mass is 16.5. The highest BCUT2D eigenvalue weighted by Crippen LogP contribution is 2.23. The highest BCUT2D eigenvalue weighted by Gasteiger charge is 2.04. The zero-order valence-electron chi connectivity index (χ0n) is 10.9. The Morgan fingerprint density at radius 1 is 0.944 bits per heavy atom. The maximum absolute atomic E-state index is 8.76. The van der Waals surface area contributed by atoms with E-state index < -0.39 is 0 Å². The third-order valence-corrected chi connectivity index (χ3v) is 2.16. The van der Waals surface area contributed by atoms with Crippen LogP contribution in [0, 0.1) is 0 Å². The first-order valence-corrected chi connectivity index (χ1v) is 5.91. The summed E-state index contributed by atoms with van der Waals surface area (Å²) in [5.41, 5.74) is 1.06. The molecule has 0 aliphatic carbocycles. The summed E-state index contributed by atoms with van der Waals surface area (Å²) in [6.07, 6.45) is 0. The Balaban J connectivity index is 2.81. The van der Waals surface area contributed by atoms with Gasteiger partial charge in [0.05, 0.1) is 13.2 Å². The van der Waals surface area contributed by atoms with Crippen LogP contribution in [0.4, 0.5) is 0 Å². The number of hydrogen-bond donors (Lipinski definition) is 2. The molecule has 0 saturated heterocycles. The topological polar surface area (TPSA) is 62.2 Å². The van der Waals surface area contributed by atoms with Gasteiger partial charge in [-0.05, 0) is 31.8 Å². The van der Waals surface area contributed by atoms with Gasteiger partial charge in [0.15, 0.2) is 0 Å². The molecule has 102 valence electrons. The third-order valence-electron chi connectivity index (χ3n) is 2.16. The van der Waals surface area contributed by atoms with Crippen LogP contribution in [-0.4, -0.2) is 55.6 Å². The van der Waals surface area contributed by atoms with E-state index in [1.807, 2.05) is 31.1 Å². The van der Waals surface area contributed by atoms with Gasteiger partial charge in [-0.25, -0.2) is 0 Å². The molecule has 0 aliphatic heterocycles. The second kappa shape index (κ2) is 7.92. The van der Waals surface area contributed by atoms with Gasteiger partial charge in [-0.15, -0.1) is 0 Å². The number of aliphatic hydroxyl groups is 2. The maximum atomic E-state index is 8.76. The average molecular weight is 255 g/mol. The van der Waals surface area contributed by atoms with Crippen LogP contribution in [0.5, 0.6) is 11.5 Å². The Hall–Kier alpha value is -1.30. The van der Waals surface area contributed by atoms with Crippen LogP contribution >= 0.6 is 0 Å². The van der Waals surface area contributed by atoms with Crippen molar-refractivity contribution >= 4 is 0 Å². The number of aliphatic hydroxyl groups excluding tert-OH is 2. The quantitative estimate of drug-likeness (QED) is 0.708. The molecule has 0 amide bonds. The average Bonchev–Trinajstić information content (AvgIpc) is 2.33. The Bertz CT molecular complexity index is 329. The summed E-state index contributed by atoms with van der Waals surface area (Å²) in [6.45, 7) is 1.23. The van der Waals surface area contributed by atoms with Crippen molar-refractivity contribution in [1.29, 1.82) is 0 Å². The largest absolute Gasteiger partial charge is 0.491 e. The number of benzene rings is 1. The van der Waals surface area contributed by atoms with Crippen LogP contribution in [0.2, 0.25) is 0 Å². The minimum absolute atomic E-state index is 0.0231. The van der Waals surface area contributed by atoms with Crippen molar-refractivity contribution in [2.75, 3.05) is 40.5 Å².